The van der Waals surface area contributed by atoms with Gasteiger partial charge in [0.05, 0.1) is 6.10 Å². The van der Waals surface area contributed by atoms with Gasteiger partial charge in [-0.3, -0.25) is 0 Å². The summed E-state index contributed by atoms with van der Waals surface area (Å²) in [5.74, 6) is 0.921. The lowest BCUT2D eigenvalue weighted by Gasteiger charge is -2.16. The van der Waals surface area contributed by atoms with Gasteiger partial charge in [-0.15, -0.1) is 0 Å². The minimum absolute atomic E-state index is 0.210. The van der Waals surface area contributed by atoms with Crippen LogP contribution in [-0.4, -0.2) is 29.3 Å². The van der Waals surface area contributed by atoms with E-state index in [2.05, 4.69) is 9.88 Å². The van der Waals surface area contributed by atoms with E-state index in [1.165, 1.54) is 0 Å². The number of hydrogen-bond donors (Lipinski definition) is 2. The lowest BCUT2D eigenvalue weighted by atomic mass is 10.2. The second-order valence-electron chi connectivity index (χ2n) is 3.61. The third kappa shape index (κ3) is 1.86. The Morgan fingerprint density at radius 2 is 2.50 bits per heavy atom. The zero-order chi connectivity index (χ0) is 9.97. The second kappa shape index (κ2) is 3.94. The molecule has 1 saturated heterocycles. The summed E-state index contributed by atoms with van der Waals surface area (Å²) in [5.41, 5.74) is 6.63. The first-order valence-electron chi connectivity index (χ1n) is 4.87. The highest BCUT2D eigenvalue weighted by Crippen LogP contribution is 2.18. The molecule has 1 aromatic rings. The third-order valence-electron chi connectivity index (χ3n) is 2.53. The zero-order valence-electron chi connectivity index (χ0n) is 8.06. The fourth-order valence-corrected chi connectivity index (χ4v) is 1.71. The first-order valence-corrected chi connectivity index (χ1v) is 4.87. The summed E-state index contributed by atoms with van der Waals surface area (Å²) >= 11 is 0. The van der Waals surface area contributed by atoms with Crippen LogP contribution in [0.5, 0.6) is 0 Å². The highest BCUT2D eigenvalue weighted by Gasteiger charge is 2.20. The summed E-state index contributed by atoms with van der Waals surface area (Å²) in [6, 6.07) is 3.90. The SMILES string of the molecule is NCc1ccnc(N2CCC(O)C2)c1. The van der Waals surface area contributed by atoms with Crippen molar-refractivity contribution >= 4 is 5.82 Å². The predicted octanol–water partition coefficient (Wildman–Crippen LogP) is 0.111. The number of aliphatic hydroxyl groups excluding tert-OH is 1. The predicted molar refractivity (Wildman–Crippen MR) is 55.0 cm³/mol. The molecule has 0 saturated carbocycles. The van der Waals surface area contributed by atoms with Crippen LogP contribution >= 0.6 is 0 Å². The van der Waals surface area contributed by atoms with Crippen LogP contribution in [0.2, 0.25) is 0 Å². The van der Waals surface area contributed by atoms with Gasteiger partial charge in [0.2, 0.25) is 0 Å². The van der Waals surface area contributed by atoms with Gasteiger partial charge in [0.15, 0.2) is 0 Å². The van der Waals surface area contributed by atoms with Crippen LogP contribution in [0.25, 0.3) is 0 Å². The van der Waals surface area contributed by atoms with Crippen molar-refractivity contribution in [2.75, 3.05) is 18.0 Å². The third-order valence-corrected chi connectivity index (χ3v) is 2.53. The molecule has 14 heavy (non-hydrogen) atoms. The van der Waals surface area contributed by atoms with E-state index in [1.54, 1.807) is 6.20 Å². The molecule has 0 spiro atoms. The molecule has 1 fully saturated rings. The molecule has 1 aliphatic rings. The molecule has 1 aromatic heterocycles. The van der Waals surface area contributed by atoms with Crippen molar-refractivity contribution in [1.29, 1.82) is 0 Å². The summed E-state index contributed by atoms with van der Waals surface area (Å²) in [5, 5.41) is 9.39. The topological polar surface area (TPSA) is 62.4 Å². The standard InChI is InChI=1S/C10H15N3O/c11-6-8-1-3-12-10(5-8)13-4-2-9(14)7-13/h1,3,5,9,14H,2,4,6-7,11H2. The molecule has 4 heteroatoms. The van der Waals surface area contributed by atoms with E-state index in [0.717, 1.165) is 24.3 Å². The van der Waals surface area contributed by atoms with E-state index in [0.29, 0.717) is 13.1 Å². The molecular formula is C10H15N3O. The van der Waals surface area contributed by atoms with Gasteiger partial charge in [0.1, 0.15) is 5.82 Å². The molecule has 0 aromatic carbocycles. The maximum atomic E-state index is 9.39. The number of nitrogens with zero attached hydrogens (tertiary/aromatic N) is 2. The number of aliphatic hydroxyl groups is 1. The van der Waals surface area contributed by atoms with E-state index < -0.39 is 0 Å². The average molecular weight is 193 g/mol. The Kier molecular flexibility index (Phi) is 2.65. The molecule has 1 unspecified atom stereocenters. The van der Waals surface area contributed by atoms with Crippen LogP contribution in [0, 0.1) is 0 Å². The summed E-state index contributed by atoms with van der Waals surface area (Å²) < 4.78 is 0. The fourth-order valence-electron chi connectivity index (χ4n) is 1.71. The van der Waals surface area contributed by atoms with Gasteiger partial charge in [0, 0.05) is 25.8 Å². The minimum atomic E-state index is -0.210. The summed E-state index contributed by atoms with van der Waals surface area (Å²) in [6.45, 7) is 2.09. The number of anilines is 1. The molecule has 0 amide bonds. The van der Waals surface area contributed by atoms with Gasteiger partial charge in [-0.2, -0.15) is 0 Å². The fraction of sp³-hybridized carbons (Fsp3) is 0.500. The van der Waals surface area contributed by atoms with Crippen LogP contribution < -0.4 is 10.6 Å². The van der Waals surface area contributed by atoms with E-state index >= 15 is 0 Å². The Hall–Kier alpha value is -1.13. The molecule has 3 N–H and O–H groups in total. The number of aromatic nitrogens is 1. The molecule has 0 aliphatic carbocycles. The molecule has 2 rings (SSSR count). The normalized spacial score (nSPS) is 21.6. The molecule has 1 aliphatic heterocycles. The number of β-amino-alcohol motifs (C(OH)–C–C–N with tert-alkyl or cyclic N) is 1. The lowest BCUT2D eigenvalue weighted by Crippen LogP contribution is -2.22. The largest absolute Gasteiger partial charge is 0.391 e. The Balaban J connectivity index is 2.15. The first kappa shape index (κ1) is 9.43. The molecular weight excluding hydrogens is 178 g/mol. The Bertz CT molecular complexity index is 316. The van der Waals surface area contributed by atoms with Gasteiger partial charge in [0.25, 0.3) is 0 Å². The Labute approximate surface area is 83.4 Å². The van der Waals surface area contributed by atoms with Gasteiger partial charge in [-0.05, 0) is 24.1 Å². The first-order chi connectivity index (χ1) is 6.79. The summed E-state index contributed by atoms with van der Waals surface area (Å²) in [4.78, 5) is 6.35. The highest BCUT2D eigenvalue weighted by molar-refractivity contribution is 5.42. The van der Waals surface area contributed by atoms with Gasteiger partial charge >= 0.3 is 0 Å². The van der Waals surface area contributed by atoms with Crippen molar-refractivity contribution in [3.8, 4) is 0 Å². The van der Waals surface area contributed by atoms with Crippen molar-refractivity contribution in [2.45, 2.75) is 19.1 Å². The summed E-state index contributed by atoms with van der Waals surface area (Å²) in [7, 11) is 0. The van der Waals surface area contributed by atoms with Crippen LogP contribution in [-0.2, 0) is 6.54 Å². The number of pyridine rings is 1. The second-order valence-corrected chi connectivity index (χ2v) is 3.61. The quantitative estimate of drug-likeness (QED) is 0.700. The van der Waals surface area contributed by atoms with Crippen LogP contribution in [0.4, 0.5) is 5.82 Å². The van der Waals surface area contributed by atoms with E-state index in [4.69, 9.17) is 5.73 Å². The van der Waals surface area contributed by atoms with Crippen molar-refractivity contribution in [1.82, 2.24) is 4.98 Å². The molecule has 2 heterocycles. The molecule has 76 valence electrons. The number of hydrogen-bond acceptors (Lipinski definition) is 4. The smallest absolute Gasteiger partial charge is 0.128 e. The van der Waals surface area contributed by atoms with Gasteiger partial charge < -0.3 is 15.7 Å². The number of nitrogens with two attached hydrogens (primary N) is 1. The monoisotopic (exact) mass is 193 g/mol. The zero-order valence-corrected chi connectivity index (χ0v) is 8.06. The minimum Gasteiger partial charge on any atom is -0.391 e. The van der Waals surface area contributed by atoms with E-state index in [-0.39, 0.29) is 6.10 Å². The number of rotatable bonds is 2. The highest BCUT2D eigenvalue weighted by atomic mass is 16.3. The van der Waals surface area contributed by atoms with Crippen molar-refractivity contribution in [3.05, 3.63) is 23.9 Å². The molecule has 0 radical (unpaired) electrons. The summed E-state index contributed by atoms with van der Waals surface area (Å²) in [6.07, 6.45) is 2.38. The van der Waals surface area contributed by atoms with E-state index in [1.807, 2.05) is 12.1 Å². The van der Waals surface area contributed by atoms with E-state index in [9.17, 15) is 5.11 Å². The maximum Gasteiger partial charge on any atom is 0.128 e. The molecule has 0 bridgehead atoms. The van der Waals surface area contributed by atoms with Crippen molar-refractivity contribution in [3.63, 3.8) is 0 Å². The molecule has 1 atom stereocenters. The average Bonchev–Trinajstić information content (AvgIpc) is 2.65. The van der Waals surface area contributed by atoms with Gasteiger partial charge in [-0.1, -0.05) is 0 Å². The lowest BCUT2D eigenvalue weighted by molar-refractivity contribution is 0.198. The van der Waals surface area contributed by atoms with Crippen LogP contribution in [0.1, 0.15) is 12.0 Å². The van der Waals surface area contributed by atoms with Crippen LogP contribution in [0.3, 0.4) is 0 Å². The van der Waals surface area contributed by atoms with Crippen molar-refractivity contribution < 1.29 is 5.11 Å². The maximum absolute atomic E-state index is 9.39. The Morgan fingerprint density at radius 3 is 3.14 bits per heavy atom. The van der Waals surface area contributed by atoms with Crippen molar-refractivity contribution in [2.24, 2.45) is 5.73 Å². The Morgan fingerprint density at radius 1 is 1.64 bits per heavy atom. The van der Waals surface area contributed by atoms with Crippen LogP contribution in [0.15, 0.2) is 18.3 Å². The molecule has 4 nitrogen and oxygen atoms in total. The van der Waals surface area contributed by atoms with Gasteiger partial charge in [-0.25, -0.2) is 4.98 Å².